The predicted octanol–water partition coefficient (Wildman–Crippen LogP) is 3.41. The molecular weight excluding hydrogens is 378 g/mol. The Kier molecular flexibility index (Phi) is 6.31. The number of hydrogen-bond donors (Lipinski definition) is 1. The Morgan fingerprint density at radius 3 is 2.43 bits per heavy atom. The van der Waals surface area contributed by atoms with Crippen LogP contribution in [0.2, 0.25) is 0 Å². The highest BCUT2D eigenvalue weighted by molar-refractivity contribution is 7.89. The minimum atomic E-state index is -3.78. The lowest BCUT2D eigenvalue weighted by molar-refractivity contribution is -0.385. The van der Waals surface area contributed by atoms with Gasteiger partial charge in [-0.2, -0.15) is 0 Å². The van der Waals surface area contributed by atoms with E-state index in [1.807, 2.05) is 0 Å². The second-order valence-corrected chi connectivity index (χ2v) is 8.80. The van der Waals surface area contributed by atoms with Crippen molar-refractivity contribution >= 4 is 21.4 Å². The van der Waals surface area contributed by atoms with Crippen LogP contribution in [-0.4, -0.2) is 33.0 Å². The highest BCUT2D eigenvalue weighted by Crippen LogP contribution is 2.22. The van der Waals surface area contributed by atoms with Gasteiger partial charge < -0.3 is 4.90 Å². The third-order valence-electron chi connectivity index (χ3n) is 5.01. The van der Waals surface area contributed by atoms with Crippen molar-refractivity contribution in [2.24, 2.45) is 0 Å². The van der Waals surface area contributed by atoms with Gasteiger partial charge in [-0.25, -0.2) is 13.1 Å². The molecule has 0 amide bonds. The van der Waals surface area contributed by atoms with E-state index in [1.165, 1.54) is 30.7 Å². The molecule has 0 unspecified atom stereocenters. The molecule has 3 rings (SSSR count). The van der Waals surface area contributed by atoms with E-state index in [4.69, 9.17) is 0 Å². The number of non-ortho nitro benzene ring substituents is 1. The number of nitro benzene ring substituents is 1. The van der Waals surface area contributed by atoms with Gasteiger partial charge in [-0.1, -0.05) is 18.2 Å². The van der Waals surface area contributed by atoms with Gasteiger partial charge in [0.25, 0.3) is 5.69 Å². The van der Waals surface area contributed by atoms with E-state index in [2.05, 4.69) is 33.9 Å². The molecule has 0 bridgehead atoms. The standard InChI is InChI=1S/C20H25N3O4S/c1-16-6-9-19(23(24)25)15-20(16)28(26,27)21-12-4-5-17-7-10-18(11-8-17)22-13-2-3-14-22/h6-11,15,21H,2-5,12-14H2,1H3. The molecule has 1 saturated heterocycles. The summed E-state index contributed by atoms with van der Waals surface area (Å²) < 4.78 is 27.5. The van der Waals surface area contributed by atoms with Crippen molar-refractivity contribution in [1.29, 1.82) is 0 Å². The summed E-state index contributed by atoms with van der Waals surface area (Å²) in [5.74, 6) is 0. The fourth-order valence-corrected chi connectivity index (χ4v) is 4.75. The van der Waals surface area contributed by atoms with Crippen LogP contribution in [0.15, 0.2) is 47.4 Å². The average molecular weight is 404 g/mol. The van der Waals surface area contributed by atoms with Gasteiger partial charge in [0.05, 0.1) is 9.82 Å². The molecule has 0 saturated carbocycles. The minimum absolute atomic E-state index is 0.0448. The molecule has 28 heavy (non-hydrogen) atoms. The second-order valence-electron chi connectivity index (χ2n) is 7.07. The number of hydrogen-bond acceptors (Lipinski definition) is 5. The molecule has 1 N–H and O–H groups in total. The summed E-state index contributed by atoms with van der Waals surface area (Å²) in [6.07, 6.45) is 3.89. The number of rotatable bonds is 8. The number of nitro groups is 1. The van der Waals surface area contributed by atoms with Gasteiger partial charge >= 0.3 is 0 Å². The first-order valence-electron chi connectivity index (χ1n) is 9.45. The Balaban J connectivity index is 1.54. The third-order valence-corrected chi connectivity index (χ3v) is 6.62. The maximum absolute atomic E-state index is 12.5. The van der Waals surface area contributed by atoms with Gasteiger partial charge in [0.1, 0.15) is 0 Å². The Morgan fingerprint density at radius 1 is 1.11 bits per heavy atom. The number of benzene rings is 2. The van der Waals surface area contributed by atoms with E-state index in [0.29, 0.717) is 12.0 Å². The maximum Gasteiger partial charge on any atom is 0.270 e. The normalized spacial score (nSPS) is 14.4. The zero-order valence-electron chi connectivity index (χ0n) is 15.9. The van der Waals surface area contributed by atoms with Gasteiger partial charge in [-0.3, -0.25) is 10.1 Å². The van der Waals surface area contributed by atoms with Crippen LogP contribution < -0.4 is 9.62 Å². The fraction of sp³-hybridized carbons (Fsp3) is 0.400. The SMILES string of the molecule is Cc1ccc([N+](=O)[O-])cc1S(=O)(=O)NCCCc1ccc(N2CCCC2)cc1. The lowest BCUT2D eigenvalue weighted by atomic mass is 10.1. The number of nitrogens with zero attached hydrogens (tertiary/aromatic N) is 2. The fourth-order valence-electron chi connectivity index (χ4n) is 3.42. The van der Waals surface area contributed by atoms with Crippen molar-refractivity contribution in [3.63, 3.8) is 0 Å². The lowest BCUT2D eigenvalue weighted by Crippen LogP contribution is -2.26. The molecular formula is C20H25N3O4S. The third kappa shape index (κ3) is 4.88. The maximum atomic E-state index is 12.5. The molecule has 2 aromatic carbocycles. The van der Waals surface area contributed by atoms with Crippen molar-refractivity contribution in [2.45, 2.75) is 37.5 Å². The smallest absolute Gasteiger partial charge is 0.270 e. The number of sulfonamides is 1. The van der Waals surface area contributed by atoms with Gasteiger partial charge in [-0.05, 0) is 55.9 Å². The minimum Gasteiger partial charge on any atom is -0.372 e. The van der Waals surface area contributed by atoms with E-state index < -0.39 is 14.9 Å². The number of aryl methyl sites for hydroxylation is 2. The van der Waals surface area contributed by atoms with Gasteiger partial charge in [-0.15, -0.1) is 0 Å². The van der Waals surface area contributed by atoms with Crippen LogP contribution in [0.4, 0.5) is 11.4 Å². The topological polar surface area (TPSA) is 92.5 Å². The molecule has 2 aromatic rings. The second kappa shape index (κ2) is 8.70. The molecule has 7 nitrogen and oxygen atoms in total. The number of anilines is 1. The molecule has 0 aromatic heterocycles. The highest BCUT2D eigenvalue weighted by Gasteiger charge is 2.20. The largest absolute Gasteiger partial charge is 0.372 e. The van der Waals surface area contributed by atoms with Crippen LogP contribution in [0.25, 0.3) is 0 Å². The van der Waals surface area contributed by atoms with Crippen LogP contribution in [0.3, 0.4) is 0 Å². The summed E-state index contributed by atoms with van der Waals surface area (Å²) in [7, 11) is -3.78. The van der Waals surface area contributed by atoms with Crippen LogP contribution in [0, 0.1) is 17.0 Å². The Morgan fingerprint density at radius 2 is 1.79 bits per heavy atom. The first kappa shape index (κ1) is 20.3. The molecule has 150 valence electrons. The summed E-state index contributed by atoms with van der Waals surface area (Å²) in [4.78, 5) is 12.6. The molecule has 8 heteroatoms. The molecule has 1 fully saturated rings. The Labute approximate surface area is 165 Å². The zero-order chi connectivity index (χ0) is 20.1. The summed E-state index contributed by atoms with van der Waals surface area (Å²) >= 11 is 0. The van der Waals surface area contributed by atoms with Crippen LogP contribution >= 0.6 is 0 Å². The van der Waals surface area contributed by atoms with Gasteiger partial charge in [0.2, 0.25) is 10.0 Å². The first-order valence-corrected chi connectivity index (χ1v) is 10.9. The van der Waals surface area contributed by atoms with Gasteiger partial charge in [0, 0.05) is 37.5 Å². The molecule has 1 heterocycles. The monoisotopic (exact) mass is 403 g/mol. The van der Waals surface area contributed by atoms with E-state index in [0.717, 1.165) is 31.1 Å². The van der Waals surface area contributed by atoms with Crippen LogP contribution in [0.1, 0.15) is 30.4 Å². The summed E-state index contributed by atoms with van der Waals surface area (Å²) in [6.45, 7) is 4.12. The molecule has 1 aliphatic heterocycles. The van der Waals surface area contributed by atoms with Crippen LogP contribution in [0.5, 0.6) is 0 Å². The van der Waals surface area contributed by atoms with Crippen molar-refractivity contribution in [3.8, 4) is 0 Å². The van der Waals surface area contributed by atoms with E-state index in [-0.39, 0.29) is 17.1 Å². The molecule has 1 aliphatic rings. The van der Waals surface area contributed by atoms with Gasteiger partial charge in [0.15, 0.2) is 0 Å². The van der Waals surface area contributed by atoms with Crippen molar-refractivity contribution < 1.29 is 13.3 Å². The lowest BCUT2D eigenvalue weighted by Gasteiger charge is -2.17. The highest BCUT2D eigenvalue weighted by atomic mass is 32.2. The Hall–Kier alpha value is -2.45. The Bertz CT molecular complexity index is 936. The predicted molar refractivity (Wildman–Crippen MR) is 109 cm³/mol. The summed E-state index contributed by atoms with van der Waals surface area (Å²) in [6, 6.07) is 12.3. The van der Waals surface area contributed by atoms with E-state index >= 15 is 0 Å². The van der Waals surface area contributed by atoms with Crippen molar-refractivity contribution in [3.05, 3.63) is 63.7 Å². The van der Waals surface area contributed by atoms with Crippen LogP contribution in [-0.2, 0) is 16.4 Å². The summed E-state index contributed by atoms with van der Waals surface area (Å²) in [5.41, 5.74) is 2.65. The van der Waals surface area contributed by atoms with E-state index in [1.54, 1.807) is 6.92 Å². The zero-order valence-corrected chi connectivity index (χ0v) is 16.7. The molecule has 0 atom stereocenters. The summed E-state index contributed by atoms with van der Waals surface area (Å²) in [5, 5.41) is 10.9. The first-order chi connectivity index (χ1) is 13.4. The van der Waals surface area contributed by atoms with E-state index in [9.17, 15) is 18.5 Å². The van der Waals surface area contributed by atoms with Crippen molar-refractivity contribution in [2.75, 3.05) is 24.5 Å². The van der Waals surface area contributed by atoms with Crippen molar-refractivity contribution in [1.82, 2.24) is 4.72 Å². The number of nitrogens with one attached hydrogen (secondary N) is 1. The average Bonchev–Trinajstić information content (AvgIpc) is 3.20. The molecule has 0 spiro atoms. The molecule has 0 aliphatic carbocycles. The molecule has 0 radical (unpaired) electrons. The quantitative estimate of drug-likeness (QED) is 0.414.